The number of hydroxylamine groups is 2. The first-order chi connectivity index (χ1) is 24.1. The van der Waals surface area contributed by atoms with Crippen LogP contribution >= 0.6 is 68.4 Å². The van der Waals surface area contributed by atoms with Crippen LogP contribution in [0.3, 0.4) is 0 Å². The molecule has 0 bridgehead atoms. The predicted octanol–water partition coefficient (Wildman–Crippen LogP) is 8.41. The number of rotatable bonds is 13. The minimum Gasteiger partial charge on any atom is -0.391 e. The highest BCUT2D eigenvalue weighted by Crippen LogP contribution is 2.31. The van der Waals surface area contributed by atoms with Crippen molar-refractivity contribution in [3.8, 4) is 0 Å². The summed E-state index contributed by atoms with van der Waals surface area (Å²) in [6.07, 6.45) is -1.10. The Balaban J connectivity index is 0.000000276. The van der Waals surface area contributed by atoms with E-state index in [4.69, 9.17) is 38.0 Å². The third kappa shape index (κ3) is 13.2. The molecule has 4 rings (SSSR count). The number of carbonyl (C=O) groups is 2. The van der Waals surface area contributed by atoms with Crippen molar-refractivity contribution in [3.05, 3.63) is 112 Å². The van der Waals surface area contributed by atoms with Crippen molar-refractivity contribution in [1.82, 2.24) is 11.0 Å². The lowest BCUT2D eigenvalue weighted by Gasteiger charge is -2.15. The molecule has 274 valence electrons. The lowest BCUT2D eigenvalue weighted by Crippen LogP contribution is -2.28. The summed E-state index contributed by atoms with van der Waals surface area (Å²) in [4.78, 5) is 34.1. The van der Waals surface area contributed by atoms with Gasteiger partial charge in [0.1, 0.15) is 13.2 Å². The van der Waals surface area contributed by atoms with Crippen LogP contribution in [0.4, 0.5) is 40.3 Å². The van der Waals surface area contributed by atoms with Crippen LogP contribution in [0.1, 0.15) is 41.0 Å². The normalized spacial score (nSPS) is 11.9. The quantitative estimate of drug-likeness (QED) is 0.0446. The van der Waals surface area contributed by atoms with Crippen molar-refractivity contribution in [3.63, 3.8) is 0 Å². The Morgan fingerprint density at radius 3 is 1.45 bits per heavy atom. The molecule has 51 heavy (non-hydrogen) atoms. The molecule has 0 fully saturated rings. The van der Waals surface area contributed by atoms with E-state index < -0.39 is 47.3 Å². The zero-order valence-electron chi connectivity index (χ0n) is 26.6. The van der Waals surface area contributed by atoms with Crippen molar-refractivity contribution < 1.29 is 47.0 Å². The van der Waals surface area contributed by atoms with E-state index in [2.05, 4.69) is 66.8 Å². The molecule has 2 atom stereocenters. The van der Waals surface area contributed by atoms with Crippen molar-refractivity contribution in [2.24, 2.45) is 0 Å². The molecule has 2 unspecified atom stereocenters. The Morgan fingerprint density at radius 1 is 0.686 bits per heavy atom. The minimum absolute atomic E-state index is 0.0140. The van der Waals surface area contributed by atoms with Crippen LogP contribution in [0.25, 0.3) is 0 Å². The summed E-state index contributed by atoms with van der Waals surface area (Å²) in [6, 6.07) is 13.4. The van der Waals surface area contributed by atoms with E-state index in [-0.39, 0.29) is 35.7 Å². The van der Waals surface area contributed by atoms with Crippen LogP contribution in [-0.4, -0.2) is 47.4 Å². The standard InChI is InChI=1S/C17H16ClF2IN2O3.C16H14ClF2IN2O3/c1-2-10(24)8-26-23-17(25)11-6-13(19)14(20)7-16(11)22-15-4-3-9(21)5-12(15)18;1-8(23)7-25-22-16(24)10-5-12(18)13(19)6-15(10)21-14-3-2-9(20)4-11(14)17/h3-7,10,22,24H,2,8H2,1H3,(H,23,25);2-6,8,21,23H,7H2,1H3,(H,22,24). The summed E-state index contributed by atoms with van der Waals surface area (Å²) < 4.78 is 56.2. The Bertz CT molecular complexity index is 1860. The summed E-state index contributed by atoms with van der Waals surface area (Å²) in [5.74, 6) is -6.19. The van der Waals surface area contributed by atoms with Gasteiger partial charge in [0.2, 0.25) is 0 Å². The summed E-state index contributed by atoms with van der Waals surface area (Å²) in [5, 5.41) is 24.9. The second-order valence-corrected chi connectivity index (χ2v) is 13.8. The summed E-state index contributed by atoms with van der Waals surface area (Å²) in [5.41, 5.74) is 4.69. The van der Waals surface area contributed by atoms with Gasteiger partial charge in [-0.1, -0.05) is 30.1 Å². The molecule has 0 radical (unpaired) electrons. The second-order valence-electron chi connectivity index (χ2n) is 10.5. The van der Waals surface area contributed by atoms with Crippen molar-refractivity contribution >= 4 is 103 Å². The third-order valence-electron chi connectivity index (χ3n) is 6.41. The van der Waals surface area contributed by atoms with Crippen LogP contribution in [0, 0.1) is 30.4 Å². The largest absolute Gasteiger partial charge is 0.391 e. The zero-order chi connectivity index (χ0) is 37.8. The van der Waals surface area contributed by atoms with Crippen LogP contribution in [0.15, 0.2) is 60.7 Å². The molecule has 0 aliphatic heterocycles. The molecule has 0 aliphatic carbocycles. The van der Waals surface area contributed by atoms with Gasteiger partial charge >= 0.3 is 0 Å². The second kappa shape index (κ2) is 20.3. The van der Waals surface area contributed by atoms with Crippen LogP contribution in [0.5, 0.6) is 0 Å². The third-order valence-corrected chi connectivity index (χ3v) is 8.38. The maximum absolute atomic E-state index is 13.6. The topological polar surface area (TPSA) is 141 Å². The number of carbonyl (C=O) groups excluding carboxylic acids is 2. The first-order valence-corrected chi connectivity index (χ1v) is 17.6. The van der Waals surface area contributed by atoms with Gasteiger partial charge in [0.15, 0.2) is 23.3 Å². The molecule has 0 aliphatic rings. The van der Waals surface area contributed by atoms with Gasteiger partial charge < -0.3 is 20.8 Å². The average Bonchev–Trinajstić information content (AvgIpc) is 3.06. The Labute approximate surface area is 327 Å². The summed E-state index contributed by atoms with van der Waals surface area (Å²) >= 11 is 16.4. The van der Waals surface area contributed by atoms with E-state index in [1.807, 2.05) is 0 Å². The van der Waals surface area contributed by atoms with E-state index in [0.717, 1.165) is 31.4 Å². The molecule has 4 aromatic carbocycles. The molecule has 0 saturated heterocycles. The Hall–Kier alpha value is -2.98. The number of halogens is 8. The first-order valence-electron chi connectivity index (χ1n) is 14.7. The highest BCUT2D eigenvalue weighted by Gasteiger charge is 2.19. The molecule has 4 aromatic rings. The van der Waals surface area contributed by atoms with Crippen LogP contribution < -0.4 is 21.6 Å². The number of amides is 2. The number of hydrogen-bond acceptors (Lipinski definition) is 8. The SMILES string of the molecule is CC(O)CONC(=O)c1cc(F)c(F)cc1Nc1ccc(I)cc1Cl.CCC(O)CONC(=O)c1cc(F)c(F)cc1Nc1ccc(I)cc1Cl. The zero-order valence-corrected chi connectivity index (χ0v) is 32.4. The van der Waals surface area contributed by atoms with Gasteiger partial charge in [-0.15, -0.1) is 0 Å². The summed E-state index contributed by atoms with van der Waals surface area (Å²) in [7, 11) is 0. The van der Waals surface area contributed by atoms with Crippen molar-refractivity contribution in [2.75, 3.05) is 23.8 Å². The fourth-order valence-electron chi connectivity index (χ4n) is 3.81. The smallest absolute Gasteiger partial charge is 0.277 e. The van der Waals surface area contributed by atoms with Gasteiger partial charge in [-0.2, -0.15) is 0 Å². The lowest BCUT2D eigenvalue weighted by atomic mass is 10.1. The maximum Gasteiger partial charge on any atom is 0.277 e. The van der Waals surface area contributed by atoms with E-state index >= 15 is 0 Å². The van der Waals surface area contributed by atoms with Gasteiger partial charge in [-0.3, -0.25) is 19.3 Å². The van der Waals surface area contributed by atoms with E-state index in [1.54, 1.807) is 43.3 Å². The molecular weight excluding hydrogens is 949 g/mol. The number of benzene rings is 4. The molecule has 0 heterocycles. The first kappa shape index (κ1) is 42.4. The van der Waals surface area contributed by atoms with Gasteiger partial charge in [0.05, 0.1) is 56.1 Å². The highest BCUT2D eigenvalue weighted by atomic mass is 127. The molecule has 0 spiro atoms. The molecule has 10 nitrogen and oxygen atoms in total. The van der Waals surface area contributed by atoms with Crippen LogP contribution in [-0.2, 0) is 9.68 Å². The number of hydrogen-bond donors (Lipinski definition) is 6. The van der Waals surface area contributed by atoms with E-state index in [1.165, 1.54) is 6.92 Å². The highest BCUT2D eigenvalue weighted by molar-refractivity contribution is 14.1. The van der Waals surface area contributed by atoms with Crippen LogP contribution in [0.2, 0.25) is 10.0 Å². The fraction of sp³-hybridized carbons (Fsp3) is 0.212. The predicted molar refractivity (Wildman–Crippen MR) is 202 cm³/mol. The van der Waals surface area contributed by atoms with E-state index in [0.29, 0.717) is 27.8 Å². The molecule has 18 heteroatoms. The monoisotopic (exact) mass is 978 g/mol. The lowest BCUT2D eigenvalue weighted by molar-refractivity contribution is -0.0133. The van der Waals surface area contributed by atoms with Gasteiger partial charge in [-0.25, -0.2) is 28.5 Å². The van der Waals surface area contributed by atoms with Gasteiger partial charge in [0.25, 0.3) is 11.8 Å². The molecule has 2 amide bonds. The number of aliphatic hydroxyl groups is 2. The van der Waals surface area contributed by atoms with Gasteiger partial charge in [-0.05, 0) is 107 Å². The molecular formula is C33H30Cl2F4I2N4O6. The fourth-order valence-corrected chi connectivity index (χ4v) is 5.61. The summed E-state index contributed by atoms with van der Waals surface area (Å²) in [6.45, 7) is 2.94. The molecule has 6 N–H and O–H groups in total. The number of aliphatic hydroxyl groups excluding tert-OH is 2. The van der Waals surface area contributed by atoms with Crippen molar-refractivity contribution in [1.29, 1.82) is 0 Å². The number of anilines is 4. The van der Waals surface area contributed by atoms with Crippen molar-refractivity contribution in [2.45, 2.75) is 32.5 Å². The average molecular weight is 979 g/mol. The molecule has 0 saturated carbocycles. The molecule has 0 aromatic heterocycles. The van der Waals surface area contributed by atoms with Gasteiger partial charge in [0, 0.05) is 19.3 Å². The van der Waals surface area contributed by atoms with E-state index in [9.17, 15) is 32.3 Å². The number of nitrogens with one attached hydrogen (secondary N) is 4. The maximum atomic E-state index is 13.6. The Kier molecular flexibility index (Phi) is 16.9. The Morgan fingerprint density at radius 2 is 1.08 bits per heavy atom. The minimum atomic E-state index is -1.18.